The van der Waals surface area contributed by atoms with Crippen molar-refractivity contribution in [2.45, 2.75) is 0 Å². The van der Waals surface area contributed by atoms with E-state index in [0.29, 0.717) is 11.3 Å². The lowest BCUT2D eigenvalue weighted by molar-refractivity contribution is -0.384. The smallest absolute Gasteiger partial charge is 0.271 e. The molecule has 1 aromatic carbocycles. The Morgan fingerprint density at radius 3 is 2.69 bits per heavy atom. The van der Waals surface area contributed by atoms with Crippen LogP contribution in [0.25, 0.3) is 11.3 Å². The summed E-state index contributed by atoms with van der Waals surface area (Å²) in [6.07, 6.45) is 0. The van der Waals surface area contributed by atoms with E-state index in [-0.39, 0.29) is 16.5 Å². The van der Waals surface area contributed by atoms with Crippen LogP contribution in [0, 0.1) is 10.1 Å². The minimum absolute atomic E-state index is 0.113. The molecule has 0 radical (unpaired) electrons. The van der Waals surface area contributed by atoms with Gasteiger partial charge >= 0.3 is 0 Å². The standard InChI is InChI=1S/C9H6ClN3O3/c10-6-1-5(2-7(3-6)13(14)15)8-4-9(11)12-16-8/h1-4H,(H2,11,12). The summed E-state index contributed by atoms with van der Waals surface area (Å²) >= 11 is 5.75. The Kier molecular flexibility index (Phi) is 2.49. The van der Waals surface area contributed by atoms with Gasteiger partial charge in [0.15, 0.2) is 11.6 Å². The minimum atomic E-state index is -0.533. The van der Waals surface area contributed by atoms with Gasteiger partial charge in [0.25, 0.3) is 5.69 Å². The normalized spacial score (nSPS) is 10.3. The summed E-state index contributed by atoms with van der Waals surface area (Å²) in [4.78, 5) is 10.1. The van der Waals surface area contributed by atoms with E-state index < -0.39 is 4.92 Å². The van der Waals surface area contributed by atoms with E-state index >= 15 is 0 Å². The number of nitro groups is 1. The number of aromatic nitrogens is 1. The van der Waals surface area contributed by atoms with Crippen LogP contribution in [-0.4, -0.2) is 10.1 Å². The molecular formula is C9H6ClN3O3. The van der Waals surface area contributed by atoms with Crippen molar-refractivity contribution in [2.24, 2.45) is 0 Å². The second-order valence-electron chi connectivity index (χ2n) is 3.07. The first-order chi connectivity index (χ1) is 7.56. The van der Waals surface area contributed by atoms with Crippen LogP contribution in [0.1, 0.15) is 0 Å². The number of nitrogens with two attached hydrogens (primary N) is 1. The van der Waals surface area contributed by atoms with Crippen LogP contribution in [0.2, 0.25) is 5.02 Å². The molecule has 0 fully saturated rings. The van der Waals surface area contributed by atoms with Gasteiger partial charge < -0.3 is 10.3 Å². The molecule has 2 rings (SSSR count). The van der Waals surface area contributed by atoms with Crippen molar-refractivity contribution >= 4 is 23.1 Å². The van der Waals surface area contributed by atoms with E-state index in [0.717, 1.165) is 0 Å². The van der Waals surface area contributed by atoms with Crippen LogP contribution >= 0.6 is 11.6 Å². The molecule has 0 saturated carbocycles. The molecule has 0 aliphatic heterocycles. The molecule has 2 aromatic rings. The van der Waals surface area contributed by atoms with Crippen molar-refractivity contribution in [1.82, 2.24) is 5.16 Å². The van der Waals surface area contributed by atoms with Crippen LogP contribution in [0.3, 0.4) is 0 Å². The average Bonchev–Trinajstić information content (AvgIpc) is 2.64. The van der Waals surface area contributed by atoms with Gasteiger partial charge in [0, 0.05) is 28.8 Å². The van der Waals surface area contributed by atoms with E-state index in [1.165, 1.54) is 24.3 Å². The maximum atomic E-state index is 10.6. The van der Waals surface area contributed by atoms with E-state index in [1.54, 1.807) is 0 Å². The van der Waals surface area contributed by atoms with Gasteiger partial charge in [-0.1, -0.05) is 16.8 Å². The summed E-state index contributed by atoms with van der Waals surface area (Å²) in [5.41, 5.74) is 5.73. The lowest BCUT2D eigenvalue weighted by atomic mass is 10.1. The average molecular weight is 240 g/mol. The maximum absolute atomic E-state index is 10.6. The van der Waals surface area contributed by atoms with Crippen molar-refractivity contribution in [3.05, 3.63) is 39.4 Å². The van der Waals surface area contributed by atoms with Crippen molar-refractivity contribution in [3.8, 4) is 11.3 Å². The number of hydrogen-bond acceptors (Lipinski definition) is 5. The number of nitrogens with zero attached hydrogens (tertiary/aromatic N) is 2. The Balaban J connectivity index is 2.53. The number of rotatable bonds is 2. The highest BCUT2D eigenvalue weighted by atomic mass is 35.5. The lowest BCUT2D eigenvalue weighted by Gasteiger charge is -1.97. The molecule has 2 N–H and O–H groups in total. The summed E-state index contributed by atoms with van der Waals surface area (Å²) in [6.45, 7) is 0. The molecule has 6 nitrogen and oxygen atoms in total. The van der Waals surface area contributed by atoms with Gasteiger partial charge in [-0.2, -0.15) is 0 Å². The Labute approximate surface area is 94.7 Å². The van der Waals surface area contributed by atoms with E-state index in [9.17, 15) is 10.1 Å². The van der Waals surface area contributed by atoms with Gasteiger partial charge in [-0.15, -0.1) is 0 Å². The van der Waals surface area contributed by atoms with Crippen molar-refractivity contribution < 1.29 is 9.45 Å². The molecule has 7 heteroatoms. The first kappa shape index (κ1) is 10.4. The number of hydrogen-bond donors (Lipinski definition) is 1. The van der Waals surface area contributed by atoms with Gasteiger partial charge in [-0.25, -0.2) is 0 Å². The number of nitrogen functional groups attached to an aromatic ring is 1. The summed E-state index contributed by atoms with van der Waals surface area (Å²) < 4.78 is 4.88. The Morgan fingerprint density at radius 2 is 2.12 bits per heavy atom. The van der Waals surface area contributed by atoms with Gasteiger partial charge in [0.2, 0.25) is 0 Å². The first-order valence-electron chi connectivity index (χ1n) is 4.24. The fourth-order valence-corrected chi connectivity index (χ4v) is 1.48. The minimum Gasteiger partial charge on any atom is -0.381 e. The van der Waals surface area contributed by atoms with Crippen LogP contribution in [0.5, 0.6) is 0 Å². The molecule has 82 valence electrons. The van der Waals surface area contributed by atoms with Crippen LogP contribution in [0.4, 0.5) is 11.5 Å². The van der Waals surface area contributed by atoms with Crippen LogP contribution in [0.15, 0.2) is 28.8 Å². The third-order valence-electron chi connectivity index (χ3n) is 1.91. The summed E-state index contributed by atoms with van der Waals surface area (Å²) in [5, 5.41) is 14.4. The third kappa shape index (κ3) is 1.96. The summed E-state index contributed by atoms with van der Waals surface area (Å²) in [6, 6.07) is 5.60. The molecule has 1 heterocycles. The number of halogens is 1. The molecule has 0 aliphatic rings. The van der Waals surface area contributed by atoms with Gasteiger partial charge in [0.1, 0.15) is 0 Å². The fraction of sp³-hybridized carbons (Fsp3) is 0. The molecule has 1 aromatic heterocycles. The highest BCUT2D eigenvalue weighted by molar-refractivity contribution is 6.31. The van der Waals surface area contributed by atoms with Crippen molar-refractivity contribution in [2.75, 3.05) is 5.73 Å². The van der Waals surface area contributed by atoms with Gasteiger partial charge in [-0.3, -0.25) is 10.1 Å². The van der Waals surface area contributed by atoms with Crippen LogP contribution < -0.4 is 5.73 Å². The van der Waals surface area contributed by atoms with E-state index in [2.05, 4.69) is 5.16 Å². The molecule has 0 amide bonds. The zero-order valence-corrected chi connectivity index (χ0v) is 8.64. The lowest BCUT2D eigenvalue weighted by Crippen LogP contribution is -1.88. The van der Waals surface area contributed by atoms with E-state index in [1.807, 2.05) is 0 Å². The predicted octanol–water partition coefficient (Wildman–Crippen LogP) is 2.49. The number of nitro benzene ring substituents is 1. The Morgan fingerprint density at radius 1 is 1.38 bits per heavy atom. The molecule has 0 spiro atoms. The molecule has 16 heavy (non-hydrogen) atoms. The van der Waals surface area contributed by atoms with Crippen LogP contribution in [-0.2, 0) is 0 Å². The second kappa shape index (κ2) is 3.82. The molecule has 0 unspecified atom stereocenters. The SMILES string of the molecule is Nc1cc(-c2cc(Cl)cc([N+](=O)[O-])c2)on1. The molecule has 0 aliphatic carbocycles. The largest absolute Gasteiger partial charge is 0.381 e. The number of non-ortho nitro benzene ring substituents is 1. The van der Waals surface area contributed by atoms with Gasteiger partial charge in [0.05, 0.1) is 4.92 Å². The summed E-state index contributed by atoms with van der Waals surface area (Å²) in [5.74, 6) is 0.542. The monoisotopic (exact) mass is 239 g/mol. The van der Waals surface area contributed by atoms with Crippen molar-refractivity contribution in [3.63, 3.8) is 0 Å². The van der Waals surface area contributed by atoms with Gasteiger partial charge in [-0.05, 0) is 6.07 Å². The zero-order chi connectivity index (χ0) is 11.7. The number of benzene rings is 1. The maximum Gasteiger partial charge on any atom is 0.271 e. The highest BCUT2D eigenvalue weighted by Crippen LogP contribution is 2.29. The molecular weight excluding hydrogens is 234 g/mol. The quantitative estimate of drug-likeness (QED) is 0.642. The topological polar surface area (TPSA) is 95.2 Å². The van der Waals surface area contributed by atoms with E-state index in [4.69, 9.17) is 21.9 Å². The molecule has 0 atom stereocenters. The third-order valence-corrected chi connectivity index (χ3v) is 2.12. The number of anilines is 1. The molecule has 0 bridgehead atoms. The Hall–Kier alpha value is -2.08. The Bertz CT molecular complexity index is 553. The zero-order valence-electron chi connectivity index (χ0n) is 7.88. The second-order valence-corrected chi connectivity index (χ2v) is 3.51. The highest BCUT2D eigenvalue weighted by Gasteiger charge is 2.12. The summed E-state index contributed by atoms with van der Waals surface area (Å²) in [7, 11) is 0. The predicted molar refractivity (Wildman–Crippen MR) is 58.0 cm³/mol. The fourth-order valence-electron chi connectivity index (χ4n) is 1.25. The van der Waals surface area contributed by atoms with Crippen molar-refractivity contribution in [1.29, 1.82) is 0 Å². The molecule has 0 saturated heterocycles. The first-order valence-corrected chi connectivity index (χ1v) is 4.61.